The molecule has 1 aromatic carbocycles. The number of aryl methyl sites for hydroxylation is 1. The van der Waals surface area contributed by atoms with Crippen molar-refractivity contribution in [3.05, 3.63) is 41.8 Å². The number of piperazine rings is 1. The van der Waals surface area contributed by atoms with E-state index < -0.39 is 0 Å². The molecule has 1 saturated heterocycles. The third-order valence-electron chi connectivity index (χ3n) is 4.25. The Morgan fingerprint density at radius 3 is 2.21 bits per heavy atom. The molecule has 24 heavy (non-hydrogen) atoms. The Hall–Kier alpha value is -2.70. The number of halogens is 1. The molecule has 0 N–H and O–H groups in total. The molecule has 6 nitrogen and oxygen atoms in total. The minimum absolute atomic E-state index is 0.0289. The van der Waals surface area contributed by atoms with Crippen LogP contribution in [0.1, 0.15) is 17.4 Å². The van der Waals surface area contributed by atoms with Crippen LogP contribution in [-0.2, 0) is 11.8 Å². The van der Waals surface area contributed by atoms with Gasteiger partial charge in [0.2, 0.25) is 5.91 Å². The summed E-state index contributed by atoms with van der Waals surface area (Å²) in [6, 6.07) is 7.72. The second-order valence-electron chi connectivity index (χ2n) is 5.84. The van der Waals surface area contributed by atoms with Crippen LogP contribution in [0.5, 0.6) is 0 Å². The lowest BCUT2D eigenvalue weighted by molar-refractivity contribution is -0.130. The Morgan fingerprint density at radius 2 is 1.62 bits per heavy atom. The summed E-state index contributed by atoms with van der Waals surface area (Å²) in [4.78, 5) is 27.5. The molecule has 126 valence electrons. The SMILES string of the molecule is CC(=O)N1CCN(C(=O)c2cc(-c3ccc(F)cc3)nn2C)CC1. The zero-order valence-corrected chi connectivity index (χ0v) is 13.7. The third kappa shape index (κ3) is 3.15. The minimum Gasteiger partial charge on any atom is -0.339 e. The van der Waals surface area contributed by atoms with Crippen molar-refractivity contribution < 1.29 is 14.0 Å². The Kier molecular flexibility index (Phi) is 4.33. The maximum Gasteiger partial charge on any atom is 0.272 e. The summed E-state index contributed by atoms with van der Waals surface area (Å²) < 4.78 is 14.6. The van der Waals surface area contributed by atoms with Gasteiger partial charge in [-0.25, -0.2) is 4.39 Å². The molecule has 2 heterocycles. The van der Waals surface area contributed by atoms with E-state index in [4.69, 9.17) is 0 Å². The first-order chi connectivity index (χ1) is 11.5. The lowest BCUT2D eigenvalue weighted by atomic mass is 10.1. The molecule has 1 aliphatic rings. The first-order valence-electron chi connectivity index (χ1n) is 7.80. The van der Waals surface area contributed by atoms with Crippen LogP contribution in [0.25, 0.3) is 11.3 Å². The fraction of sp³-hybridized carbons (Fsp3) is 0.353. The van der Waals surface area contributed by atoms with Crippen LogP contribution >= 0.6 is 0 Å². The lowest BCUT2D eigenvalue weighted by Crippen LogP contribution is -2.50. The smallest absolute Gasteiger partial charge is 0.272 e. The van der Waals surface area contributed by atoms with Crippen molar-refractivity contribution in [1.29, 1.82) is 0 Å². The van der Waals surface area contributed by atoms with E-state index in [1.54, 1.807) is 39.7 Å². The zero-order chi connectivity index (χ0) is 17.3. The number of hydrogen-bond donors (Lipinski definition) is 0. The Morgan fingerprint density at radius 1 is 1.04 bits per heavy atom. The predicted octanol–water partition coefficient (Wildman–Crippen LogP) is 1.53. The average molecular weight is 330 g/mol. The van der Waals surface area contributed by atoms with Crippen molar-refractivity contribution in [2.45, 2.75) is 6.92 Å². The van der Waals surface area contributed by atoms with Gasteiger partial charge in [0.25, 0.3) is 5.91 Å². The van der Waals surface area contributed by atoms with E-state index in [9.17, 15) is 14.0 Å². The highest BCUT2D eigenvalue weighted by atomic mass is 19.1. The number of rotatable bonds is 2. The average Bonchev–Trinajstić information content (AvgIpc) is 2.96. The summed E-state index contributed by atoms with van der Waals surface area (Å²) in [5, 5.41) is 4.35. The molecule has 1 aromatic heterocycles. The zero-order valence-electron chi connectivity index (χ0n) is 13.7. The van der Waals surface area contributed by atoms with E-state index in [1.807, 2.05) is 0 Å². The molecular formula is C17H19FN4O2. The molecule has 0 spiro atoms. The summed E-state index contributed by atoms with van der Waals surface area (Å²) in [7, 11) is 1.71. The van der Waals surface area contributed by atoms with Crippen molar-refractivity contribution in [1.82, 2.24) is 19.6 Å². The number of carbonyl (C=O) groups excluding carboxylic acids is 2. The molecule has 3 rings (SSSR count). The summed E-state index contributed by atoms with van der Waals surface area (Å²) in [5.41, 5.74) is 1.86. The van der Waals surface area contributed by atoms with Crippen LogP contribution in [0.3, 0.4) is 0 Å². The van der Waals surface area contributed by atoms with Gasteiger partial charge in [-0.2, -0.15) is 5.10 Å². The van der Waals surface area contributed by atoms with E-state index in [1.165, 1.54) is 19.1 Å². The summed E-state index contributed by atoms with van der Waals surface area (Å²) in [5.74, 6) is -0.392. The fourth-order valence-corrected chi connectivity index (χ4v) is 2.82. The summed E-state index contributed by atoms with van der Waals surface area (Å²) in [6.45, 7) is 3.64. The molecule has 1 fully saturated rings. The first-order valence-corrected chi connectivity index (χ1v) is 7.80. The van der Waals surface area contributed by atoms with Crippen molar-refractivity contribution >= 4 is 11.8 Å². The molecule has 0 aliphatic carbocycles. The van der Waals surface area contributed by atoms with Crippen LogP contribution in [-0.4, -0.2) is 57.6 Å². The number of nitrogens with zero attached hydrogens (tertiary/aromatic N) is 4. The second kappa shape index (κ2) is 6.43. The maximum absolute atomic E-state index is 13.0. The number of aromatic nitrogens is 2. The maximum atomic E-state index is 13.0. The molecule has 0 unspecified atom stereocenters. The third-order valence-corrected chi connectivity index (χ3v) is 4.25. The highest BCUT2D eigenvalue weighted by Gasteiger charge is 2.25. The molecule has 0 bridgehead atoms. The van der Waals surface area contributed by atoms with Crippen LogP contribution in [0.4, 0.5) is 4.39 Å². The summed E-state index contributed by atoms with van der Waals surface area (Å²) >= 11 is 0. The first kappa shape index (κ1) is 16.2. The second-order valence-corrected chi connectivity index (χ2v) is 5.84. The fourth-order valence-electron chi connectivity index (χ4n) is 2.82. The minimum atomic E-state index is -0.311. The van der Waals surface area contributed by atoms with E-state index in [0.29, 0.717) is 37.6 Å². The van der Waals surface area contributed by atoms with Gasteiger partial charge in [0, 0.05) is 45.7 Å². The van der Waals surface area contributed by atoms with Crippen molar-refractivity contribution in [3.8, 4) is 11.3 Å². The lowest BCUT2D eigenvalue weighted by Gasteiger charge is -2.34. The topological polar surface area (TPSA) is 58.4 Å². The molecular weight excluding hydrogens is 311 g/mol. The van der Waals surface area contributed by atoms with Crippen LogP contribution < -0.4 is 0 Å². The molecule has 0 saturated carbocycles. The molecule has 1 aliphatic heterocycles. The molecule has 7 heteroatoms. The number of benzene rings is 1. The van der Waals surface area contributed by atoms with Gasteiger partial charge in [0.05, 0.1) is 5.69 Å². The standard InChI is InChI=1S/C17H19FN4O2/c1-12(23)21-7-9-22(10-8-21)17(24)16-11-15(19-20(16)2)13-3-5-14(18)6-4-13/h3-6,11H,7-10H2,1-2H3. The quantitative estimate of drug-likeness (QED) is 0.839. The van der Waals surface area contributed by atoms with E-state index >= 15 is 0 Å². The van der Waals surface area contributed by atoms with Crippen LogP contribution in [0.2, 0.25) is 0 Å². The van der Waals surface area contributed by atoms with E-state index in [0.717, 1.165) is 5.56 Å². The van der Waals surface area contributed by atoms with E-state index in [-0.39, 0.29) is 17.6 Å². The van der Waals surface area contributed by atoms with Gasteiger partial charge in [0.15, 0.2) is 0 Å². The highest BCUT2D eigenvalue weighted by Crippen LogP contribution is 2.20. The van der Waals surface area contributed by atoms with Crippen molar-refractivity contribution in [2.75, 3.05) is 26.2 Å². The highest BCUT2D eigenvalue weighted by molar-refractivity contribution is 5.94. The number of hydrogen-bond acceptors (Lipinski definition) is 3. The van der Waals surface area contributed by atoms with Gasteiger partial charge in [-0.15, -0.1) is 0 Å². The number of amides is 2. The van der Waals surface area contributed by atoms with E-state index in [2.05, 4.69) is 5.10 Å². The van der Waals surface area contributed by atoms with Gasteiger partial charge in [-0.3, -0.25) is 14.3 Å². The van der Waals surface area contributed by atoms with Gasteiger partial charge in [0.1, 0.15) is 11.5 Å². The summed E-state index contributed by atoms with van der Waals surface area (Å²) in [6.07, 6.45) is 0. The Balaban J connectivity index is 1.76. The largest absolute Gasteiger partial charge is 0.339 e. The van der Waals surface area contributed by atoms with Crippen LogP contribution in [0.15, 0.2) is 30.3 Å². The van der Waals surface area contributed by atoms with Crippen molar-refractivity contribution in [2.24, 2.45) is 7.05 Å². The molecule has 0 atom stereocenters. The molecule has 0 radical (unpaired) electrons. The van der Waals surface area contributed by atoms with Gasteiger partial charge >= 0.3 is 0 Å². The Labute approximate surface area is 139 Å². The van der Waals surface area contributed by atoms with Crippen LogP contribution in [0, 0.1) is 5.82 Å². The van der Waals surface area contributed by atoms with Crippen molar-refractivity contribution in [3.63, 3.8) is 0 Å². The predicted molar refractivity (Wildman–Crippen MR) is 86.8 cm³/mol. The molecule has 2 aromatic rings. The number of carbonyl (C=O) groups is 2. The van der Waals surface area contributed by atoms with Gasteiger partial charge in [-0.1, -0.05) is 0 Å². The Bertz CT molecular complexity index is 761. The van der Waals surface area contributed by atoms with Gasteiger partial charge < -0.3 is 9.80 Å². The molecule has 2 amide bonds. The monoisotopic (exact) mass is 330 g/mol. The van der Waals surface area contributed by atoms with Gasteiger partial charge in [-0.05, 0) is 30.3 Å². The normalized spacial score (nSPS) is 14.8.